The van der Waals surface area contributed by atoms with Crippen molar-refractivity contribution in [2.24, 2.45) is 12.0 Å². The van der Waals surface area contributed by atoms with Gasteiger partial charge in [0.25, 0.3) is 0 Å². The van der Waals surface area contributed by atoms with Crippen molar-refractivity contribution < 1.29 is 9.47 Å². The van der Waals surface area contributed by atoms with Crippen LogP contribution in [-0.2, 0) is 36.2 Å². The number of rotatable bonds is 8. The molecule has 0 amide bonds. The second-order valence-electron chi connectivity index (χ2n) is 8.81. The van der Waals surface area contributed by atoms with Crippen molar-refractivity contribution in [3.05, 3.63) is 47.0 Å². The van der Waals surface area contributed by atoms with Crippen LogP contribution in [0.2, 0.25) is 0 Å². The largest absolute Gasteiger partial charge is 0.381 e. The predicted octanol–water partition coefficient (Wildman–Crippen LogP) is 3.00. The van der Waals surface area contributed by atoms with Gasteiger partial charge in [-0.05, 0) is 43.7 Å². The van der Waals surface area contributed by atoms with E-state index < -0.39 is 0 Å². The van der Waals surface area contributed by atoms with Gasteiger partial charge in [-0.15, -0.1) is 10.2 Å². The first-order chi connectivity index (χ1) is 15.7. The number of hydrogen-bond donors (Lipinski definition) is 2. The van der Waals surface area contributed by atoms with Crippen LogP contribution in [0.5, 0.6) is 0 Å². The second kappa shape index (κ2) is 11.4. The molecule has 8 heteroatoms. The van der Waals surface area contributed by atoms with Crippen molar-refractivity contribution >= 4 is 5.96 Å². The number of aromatic nitrogens is 3. The summed E-state index contributed by atoms with van der Waals surface area (Å²) < 4.78 is 13.4. The maximum atomic E-state index is 6.03. The van der Waals surface area contributed by atoms with Gasteiger partial charge in [0.05, 0.1) is 25.8 Å². The Morgan fingerprint density at radius 1 is 1.09 bits per heavy atom. The standard InChI is InChI=1S/C24H36N6O2/c1-18-28-29-23(30(18)2)16-26-24(27-21-5-3-4-6-21)25-15-19-7-9-20(10-8-19)17-32-22-11-13-31-14-12-22/h7-10,21-22H,3-6,11-17H2,1-2H3,(H2,25,26,27). The summed E-state index contributed by atoms with van der Waals surface area (Å²) in [5.41, 5.74) is 2.38. The summed E-state index contributed by atoms with van der Waals surface area (Å²) in [6.07, 6.45) is 7.27. The molecule has 1 aliphatic carbocycles. The van der Waals surface area contributed by atoms with Crippen LogP contribution in [0.3, 0.4) is 0 Å². The molecule has 2 heterocycles. The molecule has 1 aromatic heterocycles. The highest BCUT2D eigenvalue weighted by atomic mass is 16.5. The van der Waals surface area contributed by atoms with Crippen LogP contribution in [0.15, 0.2) is 29.3 Å². The van der Waals surface area contributed by atoms with E-state index in [1.165, 1.54) is 36.8 Å². The van der Waals surface area contributed by atoms with Gasteiger partial charge >= 0.3 is 0 Å². The minimum Gasteiger partial charge on any atom is -0.381 e. The molecule has 1 aliphatic heterocycles. The first-order valence-corrected chi connectivity index (χ1v) is 11.8. The summed E-state index contributed by atoms with van der Waals surface area (Å²) in [6.45, 7) is 5.45. The summed E-state index contributed by atoms with van der Waals surface area (Å²) >= 11 is 0. The van der Waals surface area contributed by atoms with Gasteiger partial charge in [-0.2, -0.15) is 0 Å². The molecule has 1 aromatic carbocycles. The summed E-state index contributed by atoms with van der Waals surface area (Å²) in [7, 11) is 1.99. The fourth-order valence-corrected chi connectivity index (χ4v) is 4.15. The summed E-state index contributed by atoms with van der Waals surface area (Å²) in [6, 6.07) is 9.07. The van der Waals surface area contributed by atoms with Crippen LogP contribution in [0.4, 0.5) is 0 Å². The van der Waals surface area contributed by atoms with Gasteiger partial charge in [0.1, 0.15) is 5.82 Å². The third-order valence-electron chi connectivity index (χ3n) is 6.39. The highest BCUT2D eigenvalue weighted by Crippen LogP contribution is 2.18. The first kappa shape index (κ1) is 22.7. The van der Waals surface area contributed by atoms with Gasteiger partial charge < -0.3 is 24.7 Å². The molecule has 1 saturated heterocycles. The third kappa shape index (κ3) is 6.53. The summed E-state index contributed by atoms with van der Waals surface area (Å²) in [5.74, 6) is 2.65. The quantitative estimate of drug-likeness (QED) is 0.485. The molecule has 8 nitrogen and oxygen atoms in total. The van der Waals surface area contributed by atoms with E-state index in [0.29, 0.717) is 31.8 Å². The molecule has 174 valence electrons. The fourth-order valence-electron chi connectivity index (χ4n) is 4.15. The van der Waals surface area contributed by atoms with Crippen LogP contribution < -0.4 is 10.6 Å². The van der Waals surface area contributed by atoms with Crippen LogP contribution in [0.1, 0.15) is 61.3 Å². The van der Waals surface area contributed by atoms with Gasteiger partial charge in [0.15, 0.2) is 11.8 Å². The number of aliphatic imine (C=N–C) groups is 1. The van der Waals surface area contributed by atoms with Gasteiger partial charge in [-0.1, -0.05) is 37.1 Å². The zero-order valence-electron chi connectivity index (χ0n) is 19.3. The lowest BCUT2D eigenvalue weighted by Crippen LogP contribution is -2.42. The van der Waals surface area contributed by atoms with E-state index in [1.54, 1.807) is 0 Å². The van der Waals surface area contributed by atoms with Crippen molar-refractivity contribution in [2.75, 3.05) is 13.2 Å². The Morgan fingerprint density at radius 2 is 1.81 bits per heavy atom. The van der Waals surface area contributed by atoms with E-state index in [-0.39, 0.29) is 0 Å². The highest BCUT2D eigenvalue weighted by Gasteiger charge is 2.17. The Balaban J connectivity index is 1.32. The average molecular weight is 441 g/mol. The van der Waals surface area contributed by atoms with Crippen LogP contribution in [0.25, 0.3) is 0 Å². The van der Waals surface area contributed by atoms with E-state index >= 15 is 0 Å². The zero-order chi connectivity index (χ0) is 22.2. The lowest BCUT2D eigenvalue weighted by atomic mass is 10.1. The minimum atomic E-state index is 0.320. The molecule has 2 aliphatic rings. The molecule has 0 radical (unpaired) electrons. The Bertz CT molecular complexity index is 867. The van der Waals surface area contributed by atoms with Crippen LogP contribution >= 0.6 is 0 Å². The maximum Gasteiger partial charge on any atom is 0.192 e. The SMILES string of the molecule is Cc1nnc(CNC(=NCc2ccc(COC3CCOCC3)cc2)NC2CCCC2)n1C. The lowest BCUT2D eigenvalue weighted by molar-refractivity contribution is -0.0390. The van der Waals surface area contributed by atoms with Crippen molar-refractivity contribution in [3.8, 4) is 0 Å². The van der Waals surface area contributed by atoms with Crippen molar-refractivity contribution in [2.45, 2.75) is 77.3 Å². The van der Waals surface area contributed by atoms with Gasteiger partial charge in [-0.3, -0.25) is 0 Å². The molecule has 2 aromatic rings. The van der Waals surface area contributed by atoms with Crippen molar-refractivity contribution in [1.82, 2.24) is 25.4 Å². The zero-order valence-corrected chi connectivity index (χ0v) is 19.3. The number of guanidine groups is 1. The third-order valence-corrected chi connectivity index (χ3v) is 6.39. The number of aryl methyl sites for hydroxylation is 1. The fraction of sp³-hybridized carbons (Fsp3) is 0.625. The molecular formula is C24H36N6O2. The van der Waals surface area contributed by atoms with Crippen LogP contribution in [-0.4, -0.2) is 46.1 Å². The topological polar surface area (TPSA) is 85.6 Å². The molecule has 2 N–H and O–H groups in total. The molecule has 4 rings (SSSR count). The summed E-state index contributed by atoms with van der Waals surface area (Å²) in [4.78, 5) is 4.85. The summed E-state index contributed by atoms with van der Waals surface area (Å²) in [5, 5.41) is 15.4. The average Bonchev–Trinajstić information content (AvgIpc) is 3.45. The number of nitrogens with zero attached hydrogens (tertiary/aromatic N) is 4. The van der Waals surface area contributed by atoms with Crippen molar-refractivity contribution in [3.63, 3.8) is 0 Å². The van der Waals surface area contributed by atoms with Gasteiger partial charge in [0.2, 0.25) is 0 Å². The molecule has 32 heavy (non-hydrogen) atoms. The number of ether oxygens (including phenoxy) is 2. The maximum absolute atomic E-state index is 6.03. The Morgan fingerprint density at radius 3 is 2.50 bits per heavy atom. The van der Waals surface area contributed by atoms with E-state index in [1.807, 2.05) is 18.5 Å². The minimum absolute atomic E-state index is 0.320. The molecule has 0 spiro atoms. The first-order valence-electron chi connectivity index (χ1n) is 11.8. The van der Waals surface area contributed by atoms with Crippen LogP contribution in [0, 0.1) is 6.92 Å². The highest BCUT2D eigenvalue weighted by molar-refractivity contribution is 5.80. The van der Waals surface area contributed by atoms with E-state index in [9.17, 15) is 0 Å². The Kier molecular flexibility index (Phi) is 8.12. The number of hydrogen-bond acceptors (Lipinski definition) is 5. The Hall–Kier alpha value is -2.45. The normalized spacial score (nSPS) is 18.2. The molecule has 2 fully saturated rings. The van der Waals surface area contributed by atoms with Gasteiger partial charge in [0, 0.05) is 26.3 Å². The smallest absolute Gasteiger partial charge is 0.192 e. The molecule has 0 unspecified atom stereocenters. The second-order valence-corrected chi connectivity index (χ2v) is 8.81. The van der Waals surface area contributed by atoms with E-state index in [0.717, 1.165) is 43.7 Å². The van der Waals surface area contributed by atoms with Crippen molar-refractivity contribution in [1.29, 1.82) is 0 Å². The van der Waals surface area contributed by atoms with E-state index in [2.05, 4.69) is 45.1 Å². The molecular weight excluding hydrogens is 404 g/mol. The number of benzene rings is 1. The molecule has 1 saturated carbocycles. The van der Waals surface area contributed by atoms with E-state index in [4.69, 9.17) is 14.5 Å². The Labute approximate surface area is 190 Å². The molecule has 0 atom stereocenters. The lowest BCUT2D eigenvalue weighted by Gasteiger charge is -2.22. The predicted molar refractivity (Wildman–Crippen MR) is 124 cm³/mol. The molecule has 0 bridgehead atoms. The van der Waals surface area contributed by atoms with Gasteiger partial charge in [-0.25, -0.2) is 4.99 Å². The number of nitrogens with one attached hydrogen (secondary N) is 2. The monoisotopic (exact) mass is 440 g/mol.